The van der Waals surface area contributed by atoms with Crippen LogP contribution in [0.5, 0.6) is 0 Å². The third-order valence-corrected chi connectivity index (χ3v) is 16.5. The number of ether oxygens (including phenoxy) is 6. The molecule has 24 atom stereocenters. The number of rotatable bonds is 5. The van der Waals surface area contributed by atoms with Crippen LogP contribution in [-0.4, -0.2) is 156 Å². The normalized spacial score (nSPS) is 61.4. The van der Waals surface area contributed by atoms with Crippen LogP contribution in [0.25, 0.3) is 0 Å². The van der Waals surface area contributed by atoms with Crippen molar-refractivity contribution in [3.63, 3.8) is 0 Å². The van der Waals surface area contributed by atoms with Gasteiger partial charge in [-0.1, -0.05) is 27.7 Å². The van der Waals surface area contributed by atoms with E-state index in [1.165, 1.54) is 6.92 Å². The van der Waals surface area contributed by atoms with Crippen molar-refractivity contribution in [1.82, 2.24) is 0 Å². The van der Waals surface area contributed by atoms with Crippen molar-refractivity contribution in [3.05, 3.63) is 0 Å². The third kappa shape index (κ3) is 5.93. The highest BCUT2D eigenvalue weighted by Gasteiger charge is 2.71. The fourth-order valence-electron chi connectivity index (χ4n) is 13.2. The van der Waals surface area contributed by atoms with Gasteiger partial charge in [0.1, 0.15) is 42.7 Å². The Morgan fingerprint density at radius 2 is 1.44 bits per heavy atom. The summed E-state index contributed by atoms with van der Waals surface area (Å²) in [6, 6.07) is 0. The first-order chi connectivity index (χ1) is 25.4. The van der Waals surface area contributed by atoms with Crippen LogP contribution in [0.3, 0.4) is 0 Å². The lowest BCUT2D eigenvalue weighted by atomic mass is 9.42. The van der Waals surface area contributed by atoms with Crippen molar-refractivity contribution in [2.24, 2.45) is 46.3 Å². The molecule has 9 N–H and O–H groups in total. The SMILES string of the molecule is C[C@@H]1O[C@@H](O[C@H]2[C@H](O)[C@@H](O)[C@H](O[C@@H]3C[C@@]4(O)CC[C@H]5[C@@H]6C[C@@H]7O[C@]8(C[C@H](O)[C@@H](C)CO8)[C@@H](C)[C@@H]7[C@@]6(C)CC[C@@H]5[C@@]4(C)C[C@@H]3O)O[C@@H]2CO)[C@H](O)[C@H](O)[C@H]1O. The summed E-state index contributed by atoms with van der Waals surface area (Å²) in [4.78, 5) is 0. The number of aliphatic hydroxyl groups is 9. The average molecular weight is 773 g/mol. The van der Waals surface area contributed by atoms with Gasteiger partial charge in [0.25, 0.3) is 0 Å². The molecule has 0 radical (unpaired) electrons. The number of fused-ring (bicyclic) bond motifs is 7. The molecule has 4 heterocycles. The van der Waals surface area contributed by atoms with Crippen molar-refractivity contribution < 1.29 is 74.4 Å². The second kappa shape index (κ2) is 14.0. The number of aliphatic hydroxyl groups excluding tert-OH is 8. The fraction of sp³-hybridized carbons (Fsp3) is 1.00. The molecule has 0 bridgehead atoms. The van der Waals surface area contributed by atoms with Crippen LogP contribution >= 0.6 is 0 Å². The molecule has 0 unspecified atom stereocenters. The second-order valence-corrected chi connectivity index (χ2v) is 19.1. The van der Waals surface area contributed by atoms with Crippen molar-refractivity contribution in [3.8, 4) is 0 Å². The molecule has 310 valence electrons. The van der Waals surface area contributed by atoms with Gasteiger partial charge in [-0.25, -0.2) is 0 Å². The Bertz CT molecular complexity index is 1370. The Morgan fingerprint density at radius 1 is 0.741 bits per heavy atom. The van der Waals surface area contributed by atoms with E-state index >= 15 is 0 Å². The quantitative estimate of drug-likeness (QED) is 0.161. The maximum absolute atomic E-state index is 12.5. The zero-order valence-corrected chi connectivity index (χ0v) is 32.1. The van der Waals surface area contributed by atoms with Crippen molar-refractivity contribution in [1.29, 1.82) is 0 Å². The summed E-state index contributed by atoms with van der Waals surface area (Å²) in [6.07, 6.45) is -12.0. The van der Waals surface area contributed by atoms with Gasteiger partial charge in [0.05, 0.1) is 49.3 Å². The summed E-state index contributed by atoms with van der Waals surface area (Å²) in [5, 5.41) is 98.2. The van der Waals surface area contributed by atoms with Gasteiger partial charge in [-0.05, 0) is 74.5 Å². The molecule has 8 fully saturated rings. The summed E-state index contributed by atoms with van der Waals surface area (Å²) in [5.74, 6) is 0.673. The first-order valence-corrected chi connectivity index (χ1v) is 20.4. The number of hydrogen-bond acceptors (Lipinski definition) is 15. The van der Waals surface area contributed by atoms with Gasteiger partial charge < -0.3 is 74.4 Å². The monoisotopic (exact) mass is 772 g/mol. The van der Waals surface area contributed by atoms with E-state index in [2.05, 4.69) is 20.8 Å². The molecule has 8 rings (SSSR count). The smallest absolute Gasteiger partial charge is 0.187 e. The van der Waals surface area contributed by atoms with E-state index in [-0.39, 0.29) is 42.1 Å². The van der Waals surface area contributed by atoms with Crippen LogP contribution in [0.1, 0.15) is 86.0 Å². The lowest BCUT2D eigenvalue weighted by Gasteiger charge is -2.65. The lowest BCUT2D eigenvalue weighted by molar-refractivity contribution is -0.367. The van der Waals surface area contributed by atoms with E-state index in [4.69, 9.17) is 28.4 Å². The zero-order valence-electron chi connectivity index (χ0n) is 32.1. The van der Waals surface area contributed by atoms with E-state index in [0.29, 0.717) is 37.2 Å². The Kier molecular flexibility index (Phi) is 10.4. The summed E-state index contributed by atoms with van der Waals surface area (Å²) >= 11 is 0. The van der Waals surface area contributed by atoms with E-state index < -0.39 is 103 Å². The maximum atomic E-state index is 12.5. The van der Waals surface area contributed by atoms with Gasteiger partial charge in [0, 0.05) is 30.1 Å². The minimum Gasteiger partial charge on any atom is -0.394 e. The highest BCUT2D eigenvalue weighted by molar-refractivity contribution is 5.19. The third-order valence-electron chi connectivity index (χ3n) is 16.5. The first kappa shape index (κ1) is 40.2. The topological polar surface area (TPSA) is 237 Å². The van der Waals surface area contributed by atoms with E-state index in [9.17, 15) is 46.0 Å². The van der Waals surface area contributed by atoms with Gasteiger partial charge >= 0.3 is 0 Å². The van der Waals surface area contributed by atoms with Crippen molar-refractivity contribution in [2.75, 3.05) is 13.2 Å². The Labute approximate surface area is 316 Å². The van der Waals surface area contributed by atoms with Crippen LogP contribution in [0, 0.1) is 46.3 Å². The van der Waals surface area contributed by atoms with Crippen molar-refractivity contribution >= 4 is 0 Å². The van der Waals surface area contributed by atoms with Crippen LogP contribution in [0.2, 0.25) is 0 Å². The largest absolute Gasteiger partial charge is 0.394 e. The molecule has 1 spiro atoms. The van der Waals surface area contributed by atoms with Gasteiger partial charge in [-0.15, -0.1) is 0 Å². The fourth-order valence-corrected chi connectivity index (χ4v) is 13.2. The highest BCUT2D eigenvalue weighted by atomic mass is 16.7. The molecule has 8 aliphatic rings. The molecule has 0 amide bonds. The lowest BCUT2D eigenvalue weighted by Crippen LogP contribution is -2.67. The van der Waals surface area contributed by atoms with Crippen LogP contribution < -0.4 is 0 Å². The van der Waals surface area contributed by atoms with Crippen molar-refractivity contribution in [2.45, 2.75) is 183 Å². The van der Waals surface area contributed by atoms with E-state index in [1.54, 1.807) is 0 Å². The first-order valence-electron chi connectivity index (χ1n) is 20.4. The minimum absolute atomic E-state index is 0.0253. The molecule has 4 aliphatic carbocycles. The van der Waals surface area contributed by atoms with Gasteiger partial charge in [-0.3, -0.25) is 0 Å². The molecule has 0 aromatic carbocycles. The minimum atomic E-state index is -1.70. The predicted molar refractivity (Wildman–Crippen MR) is 186 cm³/mol. The van der Waals surface area contributed by atoms with Crippen LogP contribution in [-0.2, 0) is 28.4 Å². The van der Waals surface area contributed by atoms with Gasteiger partial charge in [0.15, 0.2) is 18.4 Å². The molecule has 4 saturated carbocycles. The molecule has 15 nitrogen and oxygen atoms in total. The Hall–Kier alpha value is -0.600. The summed E-state index contributed by atoms with van der Waals surface area (Å²) in [5.41, 5.74) is -1.76. The van der Waals surface area contributed by atoms with Gasteiger partial charge in [-0.2, -0.15) is 0 Å². The molecule has 54 heavy (non-hydrogen) atoms. The molecule has 4 aliphatic heterocycles. The summed E-state index contributed by atoms with van der Waals surface area (Å²) in [6.45, 7) is 10.1. The predicted octanol–water partition coefficient (Wildman–Crippen LogP) is -0.474. The van der Waals surface area contributed by atoms with E-state index in [0.717, 1.165) is 25.7 Å². The zero-order chi connectivity index (χ0) is 38.9. The van der Waals surface area contributed by atoms with Crippen LogP contribution in [0.4, 0.5) is 0 Å². The van der Waals surface area contributed by atoms with Gasteiger partial charge in [0.2, 0.25) is 0 Å². The molecule has 15 heteroatoms. The van der Waals surface area contributed by atoms with E-state index in [1.807, 2.05) is 6.92 Å². The molecular weight excluding hydrogens is 708 g/mol. The molecule has 0 aromatic heterocycles. The Morgan fingerprint density at radius 3 is 2.15 bits per heavy atom. The summed E-state index contributed by atoms with van der Waals surface area (Å²) in [7, 11) is 0. The molecule has 0 aromatic rings. The second-order valence-electron chi connectivity index (χ2n) is 19.1. The highest BCUT2D eigenvalue weighted by Crippen LogP contribution is 2.72. The Balaban J connectivity index is 0.935. The summed E-state index contributed by atoms with van der Waals surface area (Å²) < 4.78 is 36.5. The standard InChI is InChI=1S/C39H64O15/c1-16-15-49-39(12-22(16)41)17(2)27-24(54-39)10-21-19-6-9-38(48)13-25(23(42)11-37(38,5)20(19)7-8-36(21,27)4)51-35-32(47)30(45)33(26(14-40)52-35)53-34-31(46)29(44)28(43)18(3)50-34/h16-35,40-48H,6-15H2,1-5H3/t16-,17-,18-,19+,20-,21-,22-,23-,24-,25+,26+,27-,28-,29+,30+,31+,32+,33+,34-,35+,36-,37+,38-,39+/m0/s1. The van der Waals surface area contributed by atoms with Crippen LogP contribution in [0.15, 0.2) is 0 Å². The number of hydrogen-bond donors (Lipinski definition) is 9. The molecular formula is C39H64O15. The maximum Gasteiger partial charge on any atom is 0.187 e. The molecule has 4 saturated heterocycles. The average Bonchev–Trinajstić information content (AvgIpc) is 3.57.